The Morgan fingerprint density at radius 1 is 1.50 bits per heavy atom. The summed E-state index contributed by atoms with van der Waals surface area (Å²) in [4.78, 5) is 18.7. The molecule has 2 N–H and O–H groups in total. The summed E-state index contributed by atoms with van der Waals surface area (Å²) in [5.74, 6) is 0.291. The lowest BCUT2D eigenvalue weighted by Gasteiger charge is -2.29. The van der Waals surface area contributed by atoms with E-state index in [1.165, 1.54) is 0 Å². The van der Waals surface area contributed by atoms with Gasteiger partial charge in [-0.3, -0.25) is 4.57 Å². The van der Waals surface area contributed by atoms with Gasteiger partial charge >= 0.3 is 0 Å². The van der Waals surface area contributed by atoms with Gasteiger partial charge in [0.2, 0.25) is 0 Å². The van der Waals surface area contributed by atoms with Crippen molar-refractivity contribution >= 4 is 23.5 Å². The van der Waals surface area contributed by atoms with Crippen molar-refractivity contribution in [1.82, 2.24) is 24.4 Å². The van der Waals surface area contributed by atoms with Crippen LogP contribution in [-0.2, 0) is 9.47 Å². The zero-order valence-electron chi connectivity index (χ0n) is 13.3. The molecule has 4 heterocycles. The normalized spacial score (nSPS) is 32.2. The standard InChI is InChI=1S/C14H18N6O4/c1-19(2)6-17-13-15-3-8-11(18-13)20(7-16-8)12-9-10(22)14(4-21,24-12)5-23-9/h3,6-7,9-10,12,21-22H,4-5H2,1-2H3/b17-6+/t9?,10-,12-,14+/m1/s1. The van der Waals surface area contributed by atoms with Crippen molar-refractivity contribution in [3.05, 3.63) is 12.5 Å². The molecule has 0 aromatic carbocycles. The molecular weight excluding hydrogens is 316 g/mol. The van der Waals surface area contributed by atoms with Crippen LogP contribution in [0, 0.1) is 0 Å². The summed E-state index contributed by atoms with van der Waals surface area (Å²) in [5.41, 5.74) is 0.0141. The summed E-state index contributed by atoms with van der Waals surface area (Å²) in [7, 11) is 3.70. The number of aliphatic imine (C=N–C) groups is 1. The summed E-state index contributed by atoms with van der Waals surface area (Å²) in [6.45, 7) is -0.160. The Hall–Kier alpha value is -2.14. The van der Waals surface area contributed by atoms with Gasteiger partial charge in [-0.1, -0.05) is 0 Å². The molecule has 2 saturated heterocycles. The Morgan fingerprint density at radius 3 is 3.04 bits per heavy atom. The first kappa shape index (κ1) is 15.4. The van der Waals surface area contributed by atoms with Crippen molar-refractivity contribution in [2.75, 3.05) is 27.3 Å². The number of aromatic nitrogens is 4. The number of hydrogen-bond donors (Lipinski definition) is 2. The molecule has 0 radical (unpaired) electrons. The first-order valence-corrected chi connectivity index (χ1v) is 7.53. The maximum absolute atomic E-state index is 10.3. The van der Waals surface area contributed by atoms with Gasteiger partial charge in [-0.2, -0.15) is 4.98 Å². The fraction of sp³-hybridized carbons (Fsp3) is 0.571. The summed E-state index contributed by atoms with van der Waals surface area (Å²) in [6, 6.07) is 0. The fourth-order valence-electron chi connectivity index (χ4n) is 2.99. The SMILES string of the molecule is CN(C)/C=N/c1ncc2ncn([C@@H]3O[C@@]4(CO)COC3[C@H]4O)c2n1. The predicted octanol–water partition coefficient (Wildman–Crippen LogP) is -0.933. The molecule has 0 saturated carbocycles. The van der Waals surface area contributed by atoms with Gasteiger partial charge in [-0.05, 0) is 0 Å². The van der Waals surface area contributed by atoms with Gasteiger partial charge in [0, 0.05) is 14.1 Å². The number of fused-ring (bicyclic) bond motifs is 3. The van der Waals surface area contributed by atoms with Crippen LogP contribution >= 0.6 is 0 Å². The van der Waals surface area contributed by atoms with Crippen LogP contribution in [0.3, 0.4) is 0 Å². The van der Waals surface area contributed by atoms with Crippen molar-refractivity contribution in [1.29, 1.82) is 0 Å². The van der Waals surface area contributed by atoms with E-state index in [1.807, 2.05) is 14.1 Å². The highest BCUT2D eigenvalue weighted by molar-refractivity contribution is 5.71. The molecule has 10 nitrogen and oxygen atoms in total. The highest BCUT2D eigenvalue weighted by Crippen LogP contribution is 2.45. The van der Waals surface area contributed by atoms with E-state index in [0.717, 1.165) is 0 Å². The largest absolute Gasteiger partial charge is 0.393 e. The molecule has 2 aromatic heterocycles. The molecule has 4 rings (SSSR count). The first-order chi connectivity index (χ1) is 11.5. The fourth-order valence-corrected chi connectivity index (χ4v) is 2.99. The Balaban J connectivity index is 1.71. The topological polar surface area (TPSA) is 118 Å². The smallest absolute Gasteiger partial charge is 0.252 e. The molecule has 0 aliphatic carbocycles. The van der Waals surface area contributed by atoms with E-state index in [0.29, 0.717) is 17.1 Å². The van der Waals surface area contributed by atoms with Crippen molar-refractivity contribution < 1.29 is 19.7 Å². The second kappa shape index (κ2) is 5.45. The molecule has 10 heteroatoms. The second-order valence-electron chi connectivity index (χ2n) is 6.19. The molecule has 0 spiro atoms. The van der Waals surface area contributed by atoms with Gasteiger partial charge in [0.25, 0.3) is 5.95 Å². The molecule has 1 unspecified atom stereocenters. The molecular formula is C14H18N6O4. The lowest BCUT2D eigenvalue weighted by Crippen LogP contribution is -2.44. The van der Waals surface area contributed by atoms with E-state index in [9.17, 15) is 10.2 Å². The first-order valence-electron chi connectivity index (χ1n) is 7.53. The summed E-state index contributed by atoms with van der Waals surface area (Å²) in [5, 5.41) is 19.9. The van der Waals surface area contributed by atoms with Crippen molar-refractivity contribution in [3.63, 3.8) is 0 Å². The molecule has 4 atom stereocenters. The lowest BCUT2D eigenvalue weighted by atomic mass is 10.0. The summed E-state index contributed by atoms with van der Waals surface area (Å²) in [6.07, 6.45) is 2.63. The number of aliphatic hydroxyl groups is 2. The molecule has 2 aliphatic rings. The zero-order chi connectivity index (χ0) is 16.9. The van der Waals surface area contributed by atoms with Crippen LogP contribution in [0.15, 0.2) is 17.5 Å². The van der Waals surface area contributed by atoms with E-state index in [4.69, 9.17) is 9.47 Å². The van der Waals surface area contributed by atoms with Gasteiger partial charge in [0.05, 0.1) is 32.1 Å². The van der Waals surface area contributed by atoms with Crippen molar-refractivity contribution in [2.24, 2.45) is 4.99 Å². The Bertz CT molecular complexity index is 793. The average Bonchev–Trinajstić information content (AvgIpc) is 3.22. The average molecular weight is 334 g/mol. The highest BCUT2D eigenvalue weighted by Gasteiger charge is 2.61. The molecule has 128 valence electrons. The van der Waals surface area contributed by atoms with E-state index in [-0.39, 0.29) is 13.2 Å². The van der Waals surface area contributed by atoms with Crippen LogP contribution in [0.4, 0.5) is 5.95 Å². The Kier molecular flexibility index (Phi) is 3.49. The minimum Gasteiger partial charge on any atom is -0.393 e. The van der Waals surface area contributed by atoms with Gasteiger partial charge in [-0.15, -0.1) is 0 Å². The summed E-state index contributed by atoms with van der Waals surface area (Å²) < 4.78 is 13.2. The number of ether oxygens (including phenoxy) is 2. The quantitative estimate of drug-likeness (QED) is 0.544. The van der Waals surface area contributed by atoms with Gasteiger partial charge in [0.15, 0.2) is 11.9 Å². The van der Waals surface area contributed by atoms with E-state index >= 15 is 0 Å². The van der Waals surface area contributed by atoms with Crippen LogP contribution in [-0.4, -0.2) is 86.1 Å². The molecule has 2 aromatic rings. The number of rotatable bonds is 4. The number of imidazole rings is 1. The molecule has 0 amide bonds. The monoisotopic (exact) mass is 334 g/mol. The van der Waals surface area contributed by atoms with Gasteiger partial charge in [-0.25, -0.2) is 15.0 Å². The van der Waals surface area contributed by atoms with Gasteiger partial charge in [0.1, 0.15) is 23.3 Å². The minimum atomic E-state index is -1.09. The third-order valence-corrected chi connectivity index (χ3v) is 4.26. The van der Waals surface area contributed by atoms with Crippen LogP contribution in [0.2, 0.25) is 0 Å². The van der Waals surface area contributed by atoms with Crippen LogP contribution in [0.5, 0.6) is 0 Å². The molecule has 2 aliphatic heterocycles. The molecule has 2 bridgehead atoms. The van der Waals surface area contributed by atoms with Crippen molar-refractivity contribution in [2.45, 2.75) is 24.0 Å². The third-order valence-electron chi connectivity index (χ3n) is 4.26. The zero-order valence-corrected chi connectivity index (χ0v) is 13.3. The van der Waals surface area contributed by atoms with Crippen molar-refractivity contribution in [3.8, 4) is 0 Å². The third kappa shape index (κ3) is 2.18. The number of nitrogens with zero attached hydrogens (tertiary/aromatic N) is 6. The highest BCUT2D eigenvalue weighted by atomic mass is 16.7. The molecule has 24 heavy (non-hydrogen) atoms. The minimum absolute atomic E-state index is 0.159. The van der Waals surface area contributed by atoms with Crippen LogP contribution in [0.25, 0.3) is 11.2 Å². The van der Waals surface area contributed by atoms with E-state index < -0.39 is 24.0 Å². The maximum atomic E-state index is 10.3. The van der Waals surface area contributed by atoms with Gasteiger partial charge < -0.3 is 24.6 Å². The second-order valence-corrected chi connectivity index (χ2v) is 6.19. The van der Waals surface area contributed by atoms with E-state index in [1.54, 1.807) is 28.3 Å². The van der Waals surface area contributed by atoms with E-state index in [2.05, 4.69) is 19.9 Å². The lowest BCUT2D eigenvalue weighted by molar-refractivity contribution is -0.185. The predicted molar refractivity (Wildman–Crippen MR) is 82.8 cm³/mol. The maximum Gasteiger partial charge on any atom is 0.252 e. The number of aliphatic hydroxyl groups excluding tert-OH is 2. The number of hydrogen-bond acceptors (Lipinski definition) is 8. The summed E-state index contributed by atoms with van der Waals surface area (Å²) >= 11 is 0. The molecule has 2 fully saturated rings. The van der Waals surface area contributed by atoms with Crippen LogP contribution in [0.1, 0.15) is 6.23 Å². The van der Waals surface area contributed by atoms with Crippen LogP contribution < -0.4 is 0 Å². The Morgan fingerprint density at radius 2 is 2.33 bits per heavy atom. The Labute approximate surface area is 137 Å².